The number of carbonyl (C=O) groups excluding carboxylic acids is 1. The first-order valence-corrected chi connectivity index (χ1v) is 9.63. The van der Waals surface area contributed by atoms with E-state index in [1.807, 2.05) is 9.58 Å². The number of furan rings is 1. The maximum Gasteiger partial charge on any atom is 0.289 e. The molecule has 1 aliphatic rings. The highest BCUT2D eigenvalue weighted by Gasteiger charge is 2.33. The molecule has 1 aliphatic heterocycles. The van der Waals surface area contributed by atoms with Crippen LogP contribution in [0.25, 0.3) is 0 Å². The molecule has 27 heavy (non-hydrogen) atoms. The molecule has 0 saturated carbocycles. The first kappa shape index (κ1) is 19.5. The van der Waals surface area contributed by atoms with E-state index >= 15 is 0 Å². The predicted octanol–water partition coefficient (Wildman–Crippen LogP) is 2.57. The summed E-state index contributed by atoms with van der Waals surface area (Å²) in [5.74, 6) is 1.78. The largest absolute Gasteiger partial charge is 0.459 e. The number of carbonyl (C=O) groups is 1. The van der Waals surface area contributed by atoms with Crippen LogP contribution in [-0.4, -0.2) is 62.1 Å². The van der Waals surface area contributed by atoms with Gasteiger partial charge in [-0.15, -0.1) is 5.10 Å². The maximum atomic E-state index is 12.5. The summed E-state index contributed by atoms with van der Waals surface area (Å²) in [7, 11) is 0. The summed E-state index contributed by atoms with van der Waals surface area (Å²) in [6, 6.07) is 3.60. The van der Waals surface area contributed by atoms with Crippen molar-refractivity contribution in [3.8, 4) is 0 Å². The molecule has 3 heterocycles. The van der Waals surface area contributed by atoms with Gasteiger partial charge >= 0.3 is 0 Å². The van der Waals surface area contributed by atoms with Gasteiger partial charge in [-0.25, -0.2) is 4.68 Å². The van der Waals surface area contributed by atoms with E-state index in [-0.39, 0.29) is 17.5 Å². The summed E-state index contributed by atoms with van der Waals surface area (Å²) in [6.07, 6.45) is 2.51. The second-order valence-corrected chi connectivity index (χ2v) is 8.57. The Hall–Kier alpha value is -2.22. The molecule has 2 aromatic heterocycles. The lowest BCUT2D eigenvalue weighted by molar-refractivity contribution is 0.0494. The van der Waals surface area contributed by atoms with Crippen LogP contribution in [0.4, 0.5) is 0 Å². The standard InChI is InChI=1S/C19H30N6O2/c1-14(2)13-15(17-20-21-22-25(17)19(3,4)5)23-8-10-24(11-9-23)18(26)16-7-6-12-27-16/h6-7,12,14-15H,8-11,13H2,1-5H3/t15-/m0/s1. The number of rotatable bonds is 5. The Morgan fingerprint density at radius 1 is 1.22 bits per heavy atom. The van der Waals surface area contributed by atoms with Gasteiger partial charge in [0.1, 0.15) is 0 Å². The Kier molecular flexibility index (Phi) is 5.64. The van der Waals surface area contributed by atoms with Crippen molar-refractivity contribution in [1.82, 2.24) is 30.0 Å². The van der Waals surface area contributed by atoms with Gasteiger partial charge < -0.3 is 9.32 Å². The van der Waals surface area contributed by atoms with E-state index in [2.05, 4.69) is 55.0 Å². The van der Waals surface area contributed by atoms with Crippen LogP contribution in [0.1, 0.15) is 63.5 Å². The molecule has 3 rings (SSSR count). The van der Waals surface area contributed by atoms with E-state index in [9.17, 15) is 4.79 Å². The summed E-state index contributed by atoms with van der Waals surface area (Å²) in [5.41, 5.74) is -0.175. The minimum absolute atomic E-state index is 0.0421. The van der Waals surface area contributed by atoms with E-state index in [0.717, 1.165) is 25.3 Å². The van der Waals surface area contributed by atoms with Gasteiger partial charge in [-0.3, -0.25) is 9.69 Å². The summed E-state index contributed by atoms with van der Waals surface area (Å²) < 4.78 is 7.18. The van der Waals surface area contributed by atoms with Crippen molar-refractivity contribution in [2.45, 2.75) is 52.6 Å². The summed E-state index contributed by atoms with van der Waals surface area (Å²) in [5, 5.41) is 12.6. The molecule has 2 aromatic rings. The summed E-state index contributed by atoms with van der Waals surface area (Å²) in [4.78, 5) is 16.8. The number of aromatic nitrogens is 4. The van der Waals surface area contributed by atoms with Gasteiger partial charge in [-0.05, 0) is 55.7 Å². The third-order valence-corrected chi connectivity index (χ3v) is 4.90. The van der Waals surface area contributed by atoms with E-state index < -0.39 is 0 Å². The predicted molar refractivity (Wildman–Crippen MR) is 101 cm³/mol. The van der Waals surface area contributed by atoms with Gasteiger partial charge in [0.2, 0.25) is 0 Å². The molecule has 0 spiro atoms. The molecule has 0 N–H and O–H groups in total. The van der Waals surface area contributed by atoms with Crippen molar-refractivity contribution in [2.24, 2.45) is 5.92 Å². The fraction of sp³-hybridized carbons (Fsp3) is 0.684. The molecule has 0 aliphatic carbocycles. The maximum absolute atomic E-state index is 12.5. The molecule has 8 nitrogen and oxygen atoms in total. The monoisotopic (exact) mass is 374 g/mol. The molecule has 0 bridgehead atoms. The molecule has 148 valence electrons. The number of hydrogen-bond acceptors (Lipinski definition) is 6. The van der Waals surface area contributed by atoms with Crippen LogP contribution in [-0.2, 0) is 5.54 Å². The first-order valence-electron chi connectivity index (χ1n) is 9.63. The number of amides is 1. The van der Waals surface area contributed by atoms with Crippen molar-refractivity contribution >= 4 is 5.91 Å². The van der Waals surface area contributed by atoms with E-state index in [4.69, 9.17) is 4.42 Å². The van der Waals surface area contributed by atoms with E-state index in [1.165, 1.54) is 6.26 Å². The number of piperazine rings is 1. The highest BCUT2D eigenvalue weighted by molar-refractivity contribution is 5.91. The van der Waals surface area contributed by atoms with Crippen LogP contribution >= 0.6 is 0 Å². The SMILES string of the molecule is CC(C)C[C@@H](c1nnnn1C(C)(C)C)N1CCN(C(=O)c2ccco2)CC1. The van der Waals surface area contributed by atoms with Crippen LogP contribution in [0.15, 0.2) is 22.8 Å². The van der Waals surface area contributed by atoms with Crippen LogP contribution in [0.2, 0.25) is 0 Å². The van der Waals surface area contributed by atoms with Gasteiger partial charge in [-0.1, -0.05) is 13.8 Å². The number of tetrazole rings is 1. The Morgan fingerprint density at radius 3 is 2.48 bits per heavy atom. The highest BCUT2D eigenvalue weighted by atomic mass is 16.3. The average molecular weight is 374 g/mol. The van der Waals surface area contributed by atoms with Gasteiger partial charge in [0, 0.05) is 26.2 Å². The van der Waals surface area contributed by atoms with Crippen molar-refractivity contribution in [3.63, 3.8) is 0 Å². The van der Waals surface area contributed by atoms with Crippen LogP contribution in [0.5, 0.6) is 0 Å². The van der Waals surface area contributed by atoms with Gasteiger partial charge in [0.25, 0.3) is 5.91 Å². The lowest BCUT2D eigenvalue weighted by Gasteiger charge is -2.39. The molecule has 0 unspecified atom stereocenters. The topological polar surface area (TPSA) is 80.3 Å². The van der Waals surface area contributed by atoms with Crippen molar-refractivity contribution in [3.05, 3.63) is 30.0 Å². The lowest BCUT2D eigenvalue weighted by Crippen LogP contribution is -2.50. The van der Waals surface area contributed by atoms with E-state index in [1.54, 1.807) is 12.1 Å². The lowest BCUT2D eigenvalue weighted by atomic mass is 9.99. The van der Waals surface area contributed by atoms with Gasteiger partial charge in [0.15, 0.2) is 11.6 Å². The molecule has 0 radical (unpaired) electrons. The van der Waals surface area contributed by atoms with E-state index in [0.29, 0.717) is 24.8 Å². The number of hydrogen-bond donors (Lipinski definition) is 0. The fourth-order valence-corrected chi connectivity index (χ4v) is 3.54. The van der Waals surface area contributed by atoms with Crippen molar-refractivity contribution < 1.29 is 9.21 Å². The van der Waals surface area contributed by atoms with Gasteiger partial charge in [-0.2, -0.15) is 0 Å². The Morgan fingerprint density at radius 2 is 1.93 bits per heavy atom. The summed E-state index contributed by atoms with van der Waals surface area (Å²) >= 11 is 0. The summed E-state index contributed by atoms with van der Waals surface area (Å²) in [6.45, 7) is 13.7. The average Bonchev–Trinajstić information content (AvgIpc) is 3.30. The smallest absolute Gasteiger partial charge is 0.289 e. The third-order valence-electron chi connectivity index (χ3n) is 4.90. The van der Waals surface area contributed by atoms with Crippen molar-refractivity contribution in [1.29, 1.82) is 0 Å². The molecule has 1 saturated heterocycles. The molecule has 8 heteroatoms. The Bertz CT molecular complexity index is 739. The quantitative estimate of drug-likeness (QED) is 0.800. The molecular weight excluding hydrogens is 344 g/mol. The zero-order valence-corrected chi connectivity index (χ0v) is 16.9. The minimum atomic E-state index is -0.175. The molecule has 1 amide bonds. The second-order valence-electron chi connectivity index (χ2n) is 8.57. The molecule has 1 atom stereocenters. The second kappa shape index (κ2) is 7.80. The zero-order valence-electron chi connectivity index (χ0n) is 16.9. The first-order chi connectivity index (χ1) is 12.8. The number of nitrogens with zero attached hydrogens (tertiary/aromatic N) is 6. The molecular formula is C19H30N6O2. The van der Waals surface area contributed by atoms with Crippen molar-refractivity contribution in [2.75, 3.05) is 26.2 Å². The molecule has 0 aromatic carbocycles. The van der Waals surface area contributed by atoms with Crippen LogP contribution in [0, 0.1) is 5.92 Å². The fourth-order valence-electron chi connectivity index (χ4n) is 3.54. The highest BCUT2D eigenvalue weighted by Crippen LogP contribution is 2.29. The van der Waals surface area contributed by atoms with Crippen LogP contribution < -0.4 is 0 Å². The molecule has 1 fully saturated rings. The normalized spacial score (nSPS) is 17.5. The Balaban J connectivity index is 1.74. The minimum Gasteiger partial charge on any atom is -0.459 e. The third kappa shape index (κ3) is 4.37. The van der Waals surface area contributed by atoms with Gasteiger partial charge in [0.05, 0.1) is 17.8 Å². The Labute approximate surface area is 160 Å². The zero-order chi connectivity index (χ0) is 19.6. The van der Waals surface area contributed by atoms with Crippen LogP contribution in [0.3, 0.4) is 0 Å².